The standard InChI is InChI=1S/C15H25N5O2/c1-3-12-9-13(22-19-12)10-17-15(16-4-2)18-11-14(21)20-7-5-6-8-20/h9H,3-8,10-11H2,1-2H3,(H2,16,17,18). The summed E-state index contributed by atoms with van der Waals surface area (Å²) in [7, 11) is 0. The molecule has 122 valence electrons. The molecule has 0 atom stereocenters. The molecule has 1 saturated heterocycles. The third-order valence-corrected chi connectivity index (χ3v) is 3.58. The Balaban J connectivity index is 1.84. The molecule has 1 aromatic heterocycles. The maximum absolute atomic E-state index is 12.0. The SMILES string of the molecule is CCNC(=NCC(=O)N1CCCC1)NCc1cc(CC)no1. The molecular weight excluding hydrogens is 282 g/mol. The van der Waals surface area contributed by atoms with Crippen molar-refractivity contribution in [3.05, 3.63) is 17.5 Å². The molecule has 7 heteroatoms. The van der Waals surface area contributed by atoms with Crippen LogP contribution in [0.15, 0.2) is 15.6 Å². The summed E-state index contributed by atoms with van der Waals surface area (Å²) in [5, 5.41) is 10.2. The predicted octanol–water partition coefficient (Wildman–Crippen LogP) is 0.915. The second kappa shape index (κ2) is 8.41. The molecule has 0 radical (unpaired) electrons. The van der Waals surface area contributed by atoms with Crippen LogP contribution in [0.4, 0.5) is 0 Å². The summed E-state index contributed by atoms with van der Waals surface area (Å²) in [4.78, 5) is 18.2. The van der Waals surface area contributed by atoms with Gasteiger partial charge in [-0.25, -0.2) is 4.99 Å². The average Bonchev–Trinajstić information content (AvgIpc) is 3.20. The monoisotopic (exact) mass is 307 g/mol. The van der Waals surface area contributed by atoms with E-state index in [1.807, 2.05) is 24.8 Å². The van der Waals surface area contributed by atoms with Gasteiger partial charge in [-0.05, 0) is 26.2 Å². The van der Waals surface area contributed by atoms with E-state index in [2.05, 4.69) is 20.8 Å². The lowest BCUT2D eigenvalue weighted by Crippen LogP contribution is -2.38. The molecule has 0 aliphatic carbocycles. The fourth-order valence-electron chi connectivity index (χ4n) is 2.33. The highest BCUT2D eigenvalue weighted by Gasteiger charge is 2.17. The zero-order valence-electron chi connectivity index (χ0n) is 13.4. The average molecular weight is 307 g/mol. The second-order valence-electron chi connectivity index (χ2n) is 5.27. The summed E-state index contributed by atoms with van der Waals surface area (Å²) >= 11 is 0. The van der Waals surface area contributed by atoms with E-state index in [1.54, 1.807) is 0 Å². The highest BCUT2D eigenvalue weighted by Crippen LogP contribution is 2.07. The molecular formula is C15H25N5O2. The molecule has 2 rings (SSSR count). The lowest BCUT2D eigenvalue weighted by Gasteiger charge is -2.14. The van der Waals surface area contributed by atoms with Gasteiger partial charge in [0, 0.05) is 25.7 Å². The van der Waals surface area contributed by atoms with E-state index in [4.69, 9.17) is 4.52 Å². The first-order valence-corrected chi connectivity index (χ1v) is 7.97. The molecule has 2 N–H and O–H groups in total. The number of amides is 1. The number of hydrogen-bond donors (Lipinski definition) is 2. The van der Waals surface area contributed by atoms with Crippen molar-refractivity contribution in [2.75, 3.05) is 26.2 Å². The van der Waals surface area contributed by atoms with E-state index in [0.29, 0.717) is 12.5 Å². The lowest BCUT2D eigenvalue weighted by atomic mass is 10.3. The fourth-order valence-corrected chi connectivity index (χ4v) is 2.33. The minimum absolute atomic E-state index is 0.0858. The largest absolute Gasteiger partial charge is 0.359 e. The van der Waals surface area contributed by atoms with Crippen LogP contribution in [0.2, 0.25) is 0 Å². The fraction of sp³-hybridized carbons (Fsp3) is 0.667. The number of likely N-dealkylation sites (tertiary alicyclic amines) is 1. The number of nitrogens with one attached hydrogen (secondary N) is 2. The topological polar surface area (TPSA) is 82.8 Å². The molecule has 0 unspecified atom stereocenters. The summed E-state index contributed by atoms with van der Waals surface area (Å²) in [5.41, 5.74) is 0.933. The van der Waals surface area contributed by atoms with Gasteiger partial charge in [0.2, 0.25) is 5.91 Å². The Bertz CT molecular complexity index is 506. The van der Waals surface area contributed by atoms with E-state index in [0.717, 1.165) is 50.4 Å². The lowest BCUT2D eigenvalue weighted by molar-refractivity contribution is -0.128. The molecule has 1 aromatic rings. The summed E-state index contributed by atoms with van der Waals surface area (Å²) in [5.74, 6) is 1.46. The van der Waals surface area contributed by atoms with Crippen molar-refractivity contribution in [2.45, 2.75) is 39.7 Å². The number of carbonyl (C=O) groups excluding carboxylic acids is 1. The van der Waals surface area contributed by atoms with Crippen LogP contribution in [-0.4, -0.2) is 48.1 Å². The molecule has 7 nitrogen and oxygen atoms in total. The van der Waals surface area contributed by atoms with E-state index < -0.39 is 0 Å². The third-order valence-electron chi connectivity index (χ3n) is 3.58. The first-order valence-electron chi connectivity index (χ1n) is 7.97. The van der Waals surface area contributed by atoms with Crippen LogP contribution in [0.25, 0.3) is 0 Å². The van der Waals surface area contributed by atoms with Crippen molar-refractivity contribution in [1.82, 2.24) is 20.7 Å². The Kier molecular flexibility index (Phi) is 6.24. The van der Waals surface area contributed by atoms with Gasteiger partial charge in [0.15, 0.2) is 11.7 Å². The number of guanidine groups is 1. The normalized spacial score (nSPS) is 15.2. The van der Waals surface area contributed by atoms with Gasteiger partial charge in [-0.3, -0.25) is 4.79 Å². The van der Waals surface area contributed by atoms with E-state index in [9.17, 15) is 4.79 Å². The minimum Gasteiger partial charge on any atom is -0.359 e. The van der Waals surface area contributed by atoms with Crippen LogP contribution in [-0.2, 0) is 17.8 Å². The van der Waals surface area contributed by atoms with Gasteiger partial charge in [0.1, 0.15) is 6.54 Å². The second-order valence-corrected chi connectivity index (χ2v) is 5.27. The summed E-state index contributed by atoms with van der Waals surface area (Å²) in [6.45, 7) is 7.14. The van der Waals surface area contributed by atoms with Gasteiger partial charge >= 0.3 is 0 Å². The number of nitrogens with zero attached hydrogens (tertiary/aromatic N) is 3. The van der Waals surface area contributed by atoms with E-state index in [1.165, 1.54) is 0 Å². The molecule has 2 heterocycles. The third kappa shape index (κ3) is 4.75. The van der Waals surface area contributed by atoms with Crippen molar-refractivity contribution in [3.63, 3.8) is 0 Å². The Morgan fingerprint density at radius 3 is 2.77 bits per heavy atom. The highest BCUT2D eigenvalue weighted by molar-refractivity contribution is 5.85. The van der Waals surface area contributed by atoms with E-state index in [-0.39, 0.29) is 12.5 Å². The van der Waals surface area contributed by atoms with Crippen LogP contribution in [0.1, 0.15) is 38.1 Å². The number of aryl methyl sites for hydroxylation is 1. The number of carbonyl (C=O) groups is 1. The molecule has 0 aromatic carbocycles. The maximum atomic E-state index is 12.0. The van der Waals surface area contributed by atoms with Crippen molar-refractivity contribution in [1.29, 1.82) is 0 Å². The van der Waals surface area contributed by atoms with Gasteiger partial charge in [-0.15, -0.1) is 0 Å². The predicted molar refractivity (Wildman–Crippen MR) is 84.5 cm³/mol. The molecule has 22 heavy (non-hydrogen) atoms. The first-order chi connectivity index (χ1) is 10.7. The molecule has 0 bridgehead atoms. The number of aliphatic imine (C=N–C) groups is 1. The quantitative estimate of drug-likeness (QED) is 0.603. The summed E-state index contributed by atoms with van der Waals surface area (Å²) < 4.78 is 5.22. The van der Waals surface area contributed by atoms with Gasteiger partial charge in [0.05, 0.1) is 12.2 Å². The summed E-state index contributed by atoms with van der Waals surface area (Å²) in [6, 6.07) is 1.92. The Hall–Kier alpha value is -2.05. The van der Waals surface area contributed by atoms with Crippen LogP contribution in [0, 0.1) is 0 Å². The smallest absolute Gasteiger partial charge is 0.244 e. The molecule has 1 aliphatic heterocycles. The van der Waals surface area contributed by atoms with Crippen LogP contribution in [0.3, 0.4) is 0 Å². The van der Waals surface area contributed by atoms with Crippen molar-refractivity contribution >= 4 is 11.9 Å². The number of aromatic nitrogens is 1. The zero-order chi connectivity index (χ0) is 15.8. The summed E-state index contributed by atoms with van der Waals surface area (Å²) in [6.07, 6.45) is 3.04. The Morgan fingerprint density at radius 1 is 1.36 bits per heavy atom. The molecule has 0 saturated carbocycles. The first kappa shape index (κ1) is 16.3. The number of rotatable bonds is 6. The van der Waals surface area contributed by atoms with Crippen LogP contribution < -0.4 is 10.6 Å². The molecule has 1 amide bonds. The van der Waals surface area contributed by atoms with Crippen LogP contribution in [0.5, 0.6) is 0 Å². The number of hydrogen-bond acceptors (Lipinski definition) is 4. The van der Waals surface area contributed by atoms with Crippen molar-refractivity contribution in [3.8, 4) is 0 Å². The van der Waals surface area contributed by atoms with Gasteiger partial charge in [0.25, 0.3) is 0 Å². The van der Waals surface area contributed by atoms with E-state index >= 15 is 0 Å². The van der Waals surface area contributed by atoms with Crippen molar-refractivity contribution < 1.29 is 9.32 Å². The molecule has 1 fully saturated rings. The molecule has 1 aliphatic rings. The van der Waals surface area contributed by atoms with Gasteiger partial charge in [-0.1, -0.05) is 12.1 Å². The highest BCUT2D eigenvalue weighted by atomic mass is 16.5. The minimum atomic E-state index is 0.0858. The van der Waals surface area contributed by atoms with Gasteiger partial charge in [-0.2, -0.15) is 0 Å². The maximum Gasteiger partial charge on any atom is 0.244 e. The molecule has 0 spiro atoms. The van der Waals surface area contributed by atoms with Crippen molar-refractivity contribution in [2.24, 2.45) is 4.99 Å². The zero-order valence-corrected chi connectivity index (χ0v) is 13.4. The van der Waals surface area contributed by atoms with Crippen LogP contribution >= 0.6 is 0 Å². The Labute approximate surface area is 131 Å². The Morgan fingerprint density at radius 2 is 2.14 bits per heavy atom. The van der Waals surface area contributed by atoms with Gasteiger partial charge < -0.3 is 20.1 Å².